The fourth-order valence-electron chi connectivity index (χ4n) is 2.53. The largest absolute Gasteiger partial charge is 0.494 e. The first kappa shape index (κ1) is 14.3. The van der Waals surface area contributed by atoms with Crippen molar-refractivity contribution >= 4 is 0 Å². The molecule has 0 amide bonds. The summed E-state index contributed by atoms with van der Waals surface area (Å²) in [6, 6.07) is 8.56. The predicted octanol–water partition coefficient (Wildman–Crippen LogP) is 1.81. The van der Waals surface area contributed by atoms with Gasteiger partial charge in [0.15, 0.2) is 0 Å². The molecule has 0 radical (unpaired) electrons. The van der Waals surface area contributed by atoms with Gasteiger partial charge in [0, 0.05) is 32.3 Å². The second kappa shape index (κ2) is 7.48. The molecule has 1 aliphatic rings. The molecule has 1 saturated heterocycles. The average Bonchev–Trinajstić information content (AvgIpc) is 2.71. The maximum atomic E-state index is 5.97. The number of hydrogen-bond donors (Lipinski definition) is 1. The Bertz CT molecular complexity index is 359. The Labute approximate surface area is 115 Å². The molecule has 2 N–H and O–H groups in total. The van der Waals surface area contributed by atoms with Crippen molar-refractivity contribution in [2.24, 2.45) is 5.73 Å². The molecule has 0 aromatic heterocycles. The first-order valence-electron chi connectivity index (χ1n) is 7.09. The van der Waals surface area contributed by atoms with E-state index < -0.39 is 0 Å². The second-order valence-corrected chi connectivity index (χ2v) is 4.76. The third kappa shape index (κ3) is 3.93. The van der Waals surface area contributed by atoms with Gasteiger partial charge >= 0.3 is 0 Å². The highest BCUT2D eigenvalue weighted by atomic mass is 16.5. The number of hydrogen-bond acceptors (Lipinski definition) is 4. The lowest BCUT2D eigenvalue weighted by atomic mass is 10.0. The van der Waals surface area contributed by atoms with Crippen LogP contribution in [-0.2, 0) is 4.74 Å². The van der Waals surface area contributed by atoms with Crippen LogP contribution in [0.1, 0.15) is 24.9 Å². The van der Waals surface area contributed by atoms with Gasteiger partial charge in [-0.3, -0.25) is 4.90 Å². The van der Waals surface area contributed by atoms with Crippen molar-refractivity contribution in [3.63, 3.8) is 0 Å². The number of benzene rings is 1. The molecule has 1 fully saturated rings. The Morgan fingerprint density at radius 1 is 1.26 bits per heavy atom. The lowest BCUT2D eigenvalue weighted by Gasteiger charge is -2.29. The van der Waals surface area contributed by atoms with Crippen LogP contribution in [0.3, 0.4) is 0 Å². The number of ether oxygens (including phenoxy) is 2. The van der Waals surface area contributed by atoms with Gasteiger partial charge in [-0.05, 0) is 31.0 Å². The minimum Gasteiger partial charge on any atom is -0.494 e. The molecule has 1 atom stereocenters. The van der Waals surface area contributed by atoms with Crippen molar-refractivity contribution < 1.29 is 9.47 Å². The maximum Gasteiger partial charge on any atom is 0.119 e. The standard InChI is InChI=1S/C15H24N2O2/c1-2-19-14-6-4-13(5-7-14)15(12-16)17-8-3-10-18-11-9-17/h4-7,15H,2-3,8-12,16H2,1H3. The van der Waals surface area contributed by atoms with E-state index in [1.807, 2.05) is 19.1 Å². The summed E-state index contributed by atoms with van der Waals surface area (Å²) >= 11 is 0. The van der Waals surface area contributed by atoms with Gasteiger partial charge in [-0.2, -0.15) is 0 Å². The van der Waals surface area contributed by atoms with Crippen LogP contribution in [0.2, 0.25) is 0 Å². The number of nitrogens with two attached hydrogens (primary N) is 1. The Balaban J connectivity index is 2.06. The van der Waals surface area contributed by atoms with E-state index in [1.54, 1.807) is 0 Å². The van der Waals surface area contributed by atoms with E-state index in [4.69, 9.17) is 15.2 Å². The van der Waals surface area contributed by atoms with E-state index in [-0.39, 0.29) is 6.04 Å². The molecular weight excluding hydrogens is 240 g/mol. The predicted molar refractivity (Wildman–Crippen MR) is 76.4 cm³/mol. The zero-order chi connectivity index (χ0) is 13.5. The molecule has 4 nitrogen and oxygen atoms in total. The maximum absolute atomic E-state index is 5.97. The fraction of sp³-hybridized carbons (Fsp3) is 0.600. The van der Waals surface area contributed by atoms with Crippen molar-refractivity contribution in [1.82, 2.24) is 4.90 Å². The van der Waals surface area contributed by atoms with Crippen LogP contribution in [0.25, 0.3) is 0 Å². The van der Waals surface area contributed by atoms with Gasteiger partial charge in [0.25, 0.3) is 0 Å². The molecule has 0 bridgehead atoms. The summed E-state index contributed by atoms with van der Waals surface area (Å²) in [5.74, 6) is 0.918. The second-order valence-electron chi connectivity index (χ2n) is 4.76. The van der Waals surface area contributed by atoms with E-state index in [9.17, 15) is 0 Å². The first-order valence-corrected chi connectivity index (χ1v) is 7.09. The summed E-state index contributed by atoms with van der Waals surface area (Å²) in [5, 5.41) is 0. The summed E-state index contributed by atoms with van der Waals surface area (Å²) in [6.45, 7) is 6.99. The van der Waals surface area contributed by atoms with E-state index >= 15 is 0 Å². The zero-order valence-electron chi connectivity index (χ0n) is 11.7. The molecule has 1 aliphatic heterocycles. The summed E-state index contributed by atoms with van der Waals surface area (Å²) < 4.78 is 11.0. The van der Waals surface area contributed by atoms with E-state index in [0.717, 1.165) is 38.5 Å². The van der Waals surface area contributed by atoms with Gasteiger partial charge in [-0.1, -0.05) is 12.1 Å². The van der Waals surface area contributed by atoms with Crippen molar-refractivity contribution in [3.05, 3.63) is 29.8 Å². The molecule has 2 rings (SSSR count). The lowest BCUT2D eigenvalue weighted by Crippen LogP contribution is -2.35. The van der Waals surface area contributed by atoms with Crippen LogP contribution in [0.4, 0.5) is 0 Å². The molecule has 0 spiro atoms. The molecular formula is C15H24N2O2. The van der Waals surface area contributed by atoms with Crippen LogP contribution in [0.5, 0.6) is 5.75 Å². The lowest BCUT2D eigenvalue weighted by molar-refractivity contribution is 0.132. The summed E-state index contributed by atoms with van der Waals surface area (Å²) in [6.07, 6.45) is 1.08. The third-order valence-electron chi connectivity index (χ3n) is 3.50. The van der Waals surface area contributed by atoms with Gasteiger partial charge in [0.2, 0.25) is 0 Å². The highest BCUT2D eigenvalue weighted by molar-refractivity contribution is 5.29. The minimum atomic E-state index is 0.275. The third-order valence-corrected chi connectivity index (χ3v) is 3.50. The smallest absolute Gasteiger partial charge is 0.119 e. The molecule has 0 saturated carbocycles. The molecule has 4 heteroatoms. The van der Waals surface area contributed by atoms with Crippen molar-refractivity contribution in [3.8, 4) is 5.75 Å². The zero-order valence-corrected chi connectivity index (χ0v) is 11.7. The van der Waals surface area contributed by atoms with Gasteiger partial charge in [-0.15, -0.1) is 0 Å². The topological polar surface area (TPSA) is 47.7 Å². The van der Waals surface area contributed by atoms with Crippen LogP contribution in [-0.4, -0.2) is 44.4 Å². The van der Waals surface area contributed by atoms with E-state index in [1.165, 1.54) is 5.56 Å². The van der Waals surface area contributed by atoms with Gasteiger partial charge in [-0.25, -0.2) is 0 Å². The molecule has 106 valence electrons. The average molecular weight is 264 g/mol. The summed E-state index contributed by atoms with van der Waals surface area (Å²) in [5.41, 5.74) is 7.23. The SMILES string of the molecule is CCOc1ccc(C(CN)N2CCCOCC2)cc1. The summed E-state index contributed by atoms with van der Waals surface area (Å²) in [7, 11) is 0. The van der Waals surface area contributed by atoms with Crippen LogP contribution in [0, 0.1) is 0 Å². The van der Waals surface area contributed by atoms with Crippen molar-refractivity contribution in [2.75, 3.05) is 39.5 Å². The van der Waals surface area contributed by atoms with Gasteiger partial charge in [0.05, 0.1) is 13.2 Å². The Morgan fingerprint density at radius 2 is 2.05 bits per heavy atom. The molecule has 1 aromatic rings. The Morgan fingerprint density at radius 3 is 2.74 bits per heavy atom. The molecule has 19 heavy (non-hydrogen) atoms. The van der Waals surface area contributed by atoms with Gasteiger partial charge < -0.3 is 15.2 Å². The quantitative estimate of drug-likeness (QED) is 0.881. The molecule has 1 heterocycles. The molecule has 1 aromatic carbocycles. The van der Waals surface area contributed by atoms with Crippen molar-refractivity contribution in [1.29, 1.82) is 0 Å². The molecule has 0 aliphatic carbocycles. The monoisotopic (exact) mass is 264 g/mol. The first-order chi connectivity index (χ1) is 9.35. The van der Waals surface area contributed by atoms with Crippen LogP contribution < -0.4 is 10.5 Å². The van der Waals surface area contributed by atoms with E-state index in [0.29, 0.717) is 13.2 Å². The van der Waals surface area contributed by atoms with Crippen LogP contribution >= 0.6 is 0 Å². The normalized spacial score (nSPS) is 18.8. The minimum absolute atomic E-state index is 0.275. The number of rotatable bonds is 5. The highest BCUT2D eigenvalue weighted by Gasteiger charge is 2.20. The van der Waals surface area contributed by atoms with Gasteiger partial charge in [0.1, 0.15) is 5.75 Å². The number of nitrogens with zero attached hydrogens (tertiary/aromatic N) is 1. The van der Waals surface area contributed by atoms with Crippen LogP contribution in [0.15, 0.2) is 24.3 Å². The molecule has 1 unspecified atom stereocenters. The van der Waals surface area contributed by atoms with Crippen molar-refractivity contribution in [2.45, 2.75) is 19.4 Å². The van der Waals surface area contributed by atoms with E-state index in [2.05, 4.69) is 17.0 Å². The Hall–Kier alpha value is -1.10. The fourth-order valence-corrected chi connectivity index (χ4v) is 2.53. The highest BCUT2D eigenvalue weighted by Crippen LogP contribution is 2.23. The Kier molecular flexibility index (Phi) is 5.63. The summed E-state index contributed by atoms with van der Waals surface area (Å²) in [4.78, 5) is 2.42.